The van der Waals surface area contributed by atoms with E-state index in [2.05, 4.69) is 26.1 Å². The number of carbonyl (C=O) groups excluding carboxylic acids is 2. The molecule has 0 radical (unpaired) electrons. The van der Waals surface area contributed by atoms with Gasteiger partial charge in [0.2, 0.25) is 0 Å². The number of Topliss-reactive ketones (excluding diaryl/α,β-unsaturated/α-hetero) is 1. The molecule has 1 aliphatic rings. The van der Waals surface area contributed by atoms with Crippen LogP contribution in [-0.2, 0) is 7.05 Å². The maximum absolute atomic E-state index is 13.1. The number of likely N-dealkylation sites (tertiary alicyclic amines) is 1. The van der Waals surface area contributed by atoms with Crippen molar-refractivity contribution >= 4 is 39.4 Å². The van der Waals surface area contributed by atoms with Gasteiger partial charge in [0, 0.05) is 29.2 Å². The van der Waals surface area contributed by atoms with Crippen LogP contribution >= 0.6 is 27.7 Å². The number of halogens is 1. The molecule has 31 heavy (non-hydrogen) atoms. The van der Waals surface area contributed by atoms with Crippen molar-refractivity contribution in [3.63, 3.8) is 0 Å². The van der Waals surface area contributed by atoms with Crippen molar-refractivity contribution in [3.05, 3.63) is 75.5 Å². The Balaban J connectivity index is 1.47. The van der Waals surface area contributed by atoms with E-state index in [-0.39, 0.29) is 23.5 Å². The summed E-state index contributed by atoms with van der Waals surface area (Å²) in [6.45, 7) is 2.69. The monoisotopic (exact) mass is 498 g/mol. The Morgan fingerprint density at radius 1 is 1.13 bits per heavy atom. The summed E-state index contributed by atoms with van der Waals surface area (Å²) < 4.78 is 2.85. The first-order chi connectivity index (χ1) is 14.9. The lowest BCUT2D eigenvalue weighted by atomic mass is 10.1. The van der Waals surface area contributed by atoms with Gasteiger partial charge in [0.25, 0.3) is 5.91 Å². The minimum atomic E-state index is -0.109. The smallest absolute Gasteiger partial charge is 0.254 e. The standard InChI is InChI=1S/C23H23BrN4O2S/c1-15-5-3-6-17(13-15)22(30)28-12-4-7-19(28)21-25-26-23(27(21)2)31-14-20(29)16-8-10-18(24)11-9-16/h3,5-6,8-11,13,19H,4,7,12,14H2,1-2H3. The highest BCUT2D eigenvalue weighted by Gasteiger charge is 2.34. The van der Waals surface area contributed by atoms with Crippen LogP contribution in [0.5, 0.6) is 0 Å². The molecule has 1 aromatic heterocycles. The van der Waals surface area contributed by atoms with E-state index < -0.39 is 0 Å². The third-order valence-corrected chi connectivity index (χ3v) is 6.99. The average molecular weight is 499 g/mol. The van der Waals surface area contributed by atoms with Gasteiger partial charge in [-0.05, 0) is 44.0 Å². The first-order valence-electron chi connectivity index (χ1n) is 10.1. The Morgan fingerprint density at radius 2 is 1.90 bits per heavy atom. The molecule has 0 spiro atoms. The number of carbonyl (C=O) groups is 2. The zero-order valence-corrected chi connectivity index (χ0v) is 19.8. The molecule has 1 unspecified atom stereocenters. The minimum absolute atomic E-state index is 0.0221. The van der Waals surface area contributed by atoms with Crippen molar-refractivity contribution in [1.29, 1.82) is 0 Å². The Bertz CT molecular complexity index is 1110. The summed E-state index contributed by atoms with van der Waals surface area (Å²) in [6.07, 6.45) is 1.78. The number of rotatable bonds is 6. The minimum Gasteiger partial charge on any atom is -0.328 e. The van der Waals surface area contributed by atoms with Crippen molar-refractivity contribution < 1.29 is 9.59 Å². The van der Waals surface area contributed by atoms with E-state index in [1.807, 2.05) is 72.0 Å². The molecule has 1 saturated heterocycles. The summed E-state index contributed by atoms with van der Waals surface area (Å²) in [5.41, 5.74) is 2.43. The number of thioether (sulfide) groups is 1. The van der Waals surface area contributed by atoms with Gasteiger partial charge in [-0.2, -0.15) is 0 Å². The fourth-order valence-electron chi connectivity index (χ4n) is 3.81. The van der Waals surface area contributed by atoms with Gasteiger partial charge in [0.05, 0.1) is 11.8 Å². The van der Waals surface area contributed by atoms with Crippen LogP contribution in [0.1, 0.15) is 51.0 Å². The number of nitrogens with zero attached hydrogens (tertiary/aromatic N) is 4. The first-order valence-corrected chi connectivity index (χ1v) is 11.9. The topological polar surface area (TPSA) is 68.1 Å². The molecule has 6 nitrogen and oxygen atoms in total. The van der Waals surface area contributed by atoms with Gasteiger partial charge in [-0.15, -0.1) is 10.2 Å². The predicted molar refractivity (Wildman–Crippen MR) is 124 cm³/mol. The Hall–Kier alpha value is -2.45. The number of aryl methyl sites for hydroxylation is 1. The molecule has 4 rings (SSSR count). The van der Waals surface area contributed by atoms with Crippen molar-refractivity contribution in [3.8, 4) is 0 Å². The number of aromatic nitrogens is 3. The van der Waals surface area contributed by atoms with Crippen LogP contribution in [0.2, 0.25) is 0 Å². The molecule has 0 N–H and O–H groups in total. The van der Waals surface area contributed by atoms with Crippen LogP contribution in [0.3, 0.4) is 0 Å². The highest BCUT2D eigenvalue weighted by molar-refractivity contribution is 9.10. The molecule has 1 amide bonds. The lowest BCUT2D eigenvalue weighted by molar-refractivity contribution is 0.0727. The number of amides is 1. The lowest BCUT2D eigenvalue weighted by Crippen LogP contribution is -2.32. The summed E-state index contributed by atoms with van der Waals surface area (Å²) >= 11 is 4.75. The van der Waals surface area contributed by atoms with Gasteiger partial charge in [0.15, 0.2) is 16.8 Å². The summed E-state index contributed by atoms with van der Waals surface area (Å²) in [6, 6.07) is 14.9. The fourth-order valence-corrected chi connectivity index (χ4v) is 4.89. The van der Waals surface area contributed by atoms with E-state index in [0.717, 1.165) is 28.7 Å². The summed E-state index contributed by atoms with van der Waals surface area (Å²) in [4.78, 5) is 27.5. The molecule has 0 saturated carbocycles. The van der Waals surface area contributed by atoms with Crippen molar-refractivity contribution in [1.82, 2.24) is 19.7 Å². The highest BCUT2D eigenvalue weighted by Crippen LogP contribution is 2.33. The highest BCUT2D eigenvalue weighted by atomic mass is 79.9. The van der Waals surface area contributed by atoms with Gasteiger partial charge >= 0.3 is 0 Å². The Kier molecular flexibility index (Phi) is 6.57. The number of ketones is 1. The van der Waals surface area contributed by atoms with E-state index in [0.29, 0.717) is 22.8 Å². The van der Waals surface area contributed by atoms with Crippen molar-refractivity contribution in [2.75, 3.05) is 12.3 Å². The fraction of sp³-hybridized carbons (Fsp3) is 0.304. The van der Waals surface area contributed by atoms with Gasteiger partial charge in [0.1, 0.15) is 0 Å². The number of hydrogen-bond acceptors (Lipinski definition) is 5. The Labute approximate surface area is 194 Å². The molecule has 2 aromatic carbocycles. The van der Waals surface area contributed by atoms with E-state index in [4.69, 9.17) is 0 Å². The molecule has 0 aliphatic carbocycles. The zero-order valence-electron chi connectivity index (χ0n) is 17.4. The molecule has 2 heterocycles. The first kappa shape index (κ1) is 21.8. The van der Waals surface area contributed by atoms with E-state index in [1.54, 1.807) is 0 Å². The van der Waals surface area contributed by atoms with E-state index in [9.17, 15) is 9.59 Å². The second-order valence-electron chi connectivity index (χ2n) is 7.64. The van der Waals surface area contributed by atoms with Crippen LogP contribution in [0.4, 0.5) is 0 Å². The maximum atomic E-state index is 13.1. The molecular weight excluding hydrogens is 476 g/mol. The normalized spacial score (nSPS) is 16.0. The summed E-state index contributed by atoms with van der Waals surface area (Å²) in [5, 5.41) is 9.36. The average Bonchev–Trinajstić information content (AvgIpc) is 3.38. The number of hydrogen-bond donors (Lipinski definition) is 0. The molecule has 160 valence electrons. The SMILES string of the molecule is Cc1cccc(C(=O)N2CCCC2c2nnc(SCC(=O)c3ccc(Br)cc3)n2C)c1. The van der Waals surface area contributed by atoms with Crippen LogP contribution in [0.15, 0.2) is 58.2 Å². The second kappa shape index (κ2) is 9.36. The van der Waals surface area contributed by atoms with Crippen LogP contribution in [0, 0.1) is 6.92 Å². The molecule has 8 heteroatoms. The summed E-state index contributed by atoms with van der Waals surface area (Å²) in [5.74, 6) is 1.11. The summed E-state index contributed by atoms with van der Waals surface area (Å²) in [7, 11) is 1.90. The third-order valence-electron chi connectivity index (χ3n) is 5.44. The molecule has 0 bridgehead atoms. The molecule has 1 atom stereocenters. The van der Waals surface area contributed by atoms with E-state index in [1.165, 1.54) is 11.8 Å². The largest absolute Gasteiger partial charge is 0.328 e. The predicted octanol–water partition coefficient (Wildman–Crippen LogP) is 4.84. The third kappa shape index (κ3) is 4.75. The van der Waals surface area contributed by atoms with Crippen LogP contribution in [0.25, 0.3) is 0 Å². The van der Waals surface area contributed by atoms with Crippen LogP contribution < -0.4 is 0 Å². The quantitative estimate of drug-likeness (QED) is 0.359. The number of benzene rings is 2. The Morgan fingerprint density at radius 3 is 2.65 bits per heavy atom. The van der Waals surface area contributed by atoms with Crippen molar-refractivity contribution in [2.45, 2.75) is 31.0 Å². The van der Waals surface area contributed by atoms with Gasteiger partial charge in [-0.3, -0.25) is 9.59 Å². The molecule has 3 aromatic rings. The van der Waals surface area contributed by atoms with Gasteiger partial charge in [-0.25, -0.2) is 0 Å². The second-order valence-corrected chi connectivity index (χ2v) is 9.50. The van der Waals surface area contributed by atoms with Crippen LogP contribution in [-0.4, -0.2) is 43.7 Å². The molecule has 1 fully saturated rings. The molecule has 1 aliphatic heterocycles. The maximum Gasteiger partial charge on any atom is 0.254 e. The zero-order chi connectivity index (χ0) is 22.0. The molecular formula is C23H23BrN4O2S. The van der Waals surface area contributed by atoms with E-state index >= 15 is 0 Å². The van der Waals surface area contributed by atoms with Crippen molar-refractivity contribution in [2.24, 2.45) is 7.05 Å². The lowest BCUT2D eigenvalue weighted by Gasteiger charge is -2.24. The van der Waals surface area contributed by atoms with Gasteiger partial charge < -0.3 is 9.47 Å². The van der Waals surface area contributed by atoms with Gasteiger partial charge in [-0.1, -0.05) is 57.5 Å².